The van der Waals surface area contributed by atoms with Gasteiger partial charge in [-0.05, 0) is 55.8 Å². The van der Waals surface area contributed by atoms with Gasteiger partial charge in [-0.15, -0.1) is 0 Å². The molecule has 116 valence electrons. The van der Waals surface area contributed by atoms with E-state index in [0.717, 1.165) is 19.5 Å². The van der Waals surface area contributed by atoms with E-state index in [9.17, 15) is 4.79 Å². The highest BCUT2D eigenvalue weighted by Crippen LogP contribution is 2.25. The molecule has 2 N–H and O–H groups in total. The van der Waals surface area contributed by atoms with Crippen LogP contribution in [0.1, 0.15) is 50.3 Å². The molecule has 0 saturated carbocycles. The average Bonchev–Trinajstić information content (AvgIpc) is 2.96. The maximum atomic E-state index is 12.3. The zero-order valence-corrected chi connectivity index (χ0v) is 13.5. The Morgan fingerprint density at radius 3 is 2.76 bits per heavy atom. The van der Waals surface area contributed by atoms with Crippen molar-refractivity contribution in [3.63, 3.8) is 0 Å². The summed E-state index contributed by atoms with van der Waals surface area (Å²) in [6.45, 7) is 8.61. The number of hydrogen-bond donors (Lipinski definition) is 2. The van der Waals surface area contributed by atoms with E-state index in [2.05, 4.69) is 43.5 Å². The Balaban J connectivity index is 1.93. The van der Waals surface area contributed by atoms with Gasteiger partial charge in [0.2, 0.25) is 5.91 Å². The summed E-state index contributed by atoms with van der Waals surface area (Å²) in [7, 11) is 0. The Bertz CT molecular complexity index is 464. The van der Waals surface area contributed by atoms with E-state index in [1.807, 2.05) is 12.1 Å². The van der Waals surface area contributed by atoms with Crippen LogP contribution in [-0.4, -0.2) is 19.0 Å². The number of nitrogens with one attached hydrogen (secondary N) is 2. The second-order valence-electron chi connectivity index (χ2n) is 6.54. The summed E-state index contributed by atoms with van der Waals surface area (Å²) in [4.78, 5) is 12.3. The highest BCUT2D eigenvalue weighted by atomic mass is 16.1. The summed E-state index contributed by atoms with van der Waals surface area (Å²) in [5.74, 6) is 1.25. The first-order valence-electron chi connectivity index (χ1n) is 8.13. The van der Waals surface area contributed by atoms with Gasteiger partial charge in [0.05, 0.1) is 6.04 Å². The smallest absolute Gasteiger partial charge is 0.220 e. The third kappa shape index (κ3) is 4.57. The van der Waals surface area contributed by atoms with E-state index in [1.165, 1.54) is 17.5 Å². The van der Waals surface area contributed by atoms with Gasteiger partial charge >= 0.3 is 0 Å². The molecule has 1 aliphatic heterocycles. The first-order chi connectivity index (χ1) is 10.1. The van der Waals surface area contributed by atoms with Crippen molar-refractivity contribution in [1.82, 2.24) is 10.6 Å². The van der Waals surface area contributed by atoms with Gasteiger partial charge in [-0.3, -0.25) is 4.79 Å². The number of aryl methyl sites for hydroxylation is 1. The fourth-order valence-corrected chi connectivity index (χ4v) is 3.08. The van der Waals surface area contributed by atoms with Gasteiger partial charge in [0.15, 0.2) is 0 Å². The SMILES string of the molecule is Cc1ccccc1C(NC(=O)CCC1CCNC1)C(C)C. The number of hydrogen-bond acceptors (Lipinski definition) is 2. The number of amides is 1. The van der Waals surface area contributed by atoms with E-state index in [-0.39, 0.29) is 11.9 Å². The molecule has 2 atom stereocenters. The van der Waals surface area contributed by atoms with Crippen LogP contribution in [0.4, 0.5) is 0 Å². The molecule has 0 aliphatic carbocycles. The third-order valence-electron chi connectivity index (χ3n) is 4.45. The molecule has 1 amide bonds. The first-order valence-corrected chi connectivity index (χ1v) is 8.13. The summed E-state index contributed by atoms with van der Waals surface area (Å²) in [6.07, 6.45) is 2.84. The molecule has 21 heavy (non-hydrogen) atoms. The van der Waals surface area contributed by atoms with Gasteiger partial charge in [-0.25, -0.2) is 0 Å². The van der Waals surface area contributed by atoms with Crippen molar-refractivity contribution < 1.29 is 4.79 Å². The lowest BCUT2D eigenvalue weighted by molar-refractivity contribution is -0.122. The second kappa shape index (κ2) is 7.60. The molecule has 2 unspecified atom stereocenters. The zero-order chi connectivity index (χ0) is 15.2. The van der Waals surface area contributed by atoms with Crippen LogP contribution in [0.15, 0.2) is 24.3 Å². The Morgan fingerprint density at radius 2 is 2.14 bits per heavy atom. The van der Waals surface area contributed by atoms with E-state index in [4.69, 9.17) is 0 Å². The molecular formula is C18H28N2O. The highest BCUT2D eigenvalue weighted by Gasteiger charge is 2.21. The van der Waals surface area contributed by atoms with Gasteiger partial charge in [0.1, 0.15) is 0 Å². The van der Waals surface area contributed by atoms with E-state index in [0.29, 0.717) is 18.3 Å². The molecule has 1 aliphatic rings. The van der Waals surface area contributed by atoms with Crippen LogP contribution in [0.3, 0.4) is 0 Å². The highest BCUT2D eigenvalue weighted by molar-refractivity contribution is 5.76. The molecule has 3 nitrogen and oxygen atoms in total. The molecular weight excluding hydrogens is 260 g/mol. The molecule has 2 rings (SSSR count). The molecule has 0 spiro atoms. The van der Waals surface area contributed by atoms with Gasteiger partial charge in [-0.1, -0.05) is 38.1 Å². The van der Waals surface area contributed by atoms with E-state index >= 15 is 0 Å². The monoisotopic (exact) mass is 288 g/mol. The fraction of sp³-hybridized carbons (Fsp3) is 0.611. The minimum Gasteiger partial charge on any atom is -0.349 e. The molecule has 1 saturated heterocycles. The van der Waals surface area contributed by atoms with E-state index < -0.39 is 0 Å². The fourth-order valence-electron chi connectivity index (χ4n) is 3.08. The number of carbonyl (C=O) groups excluding carboxylic acids is 1. The lowest BCUT2D eigenvalue weighted by atomic mass is 9.92. The molecule has 1 aromatic carbocycles. The minimum atomic E-state index is 0.111. The Hall–Kier alpha value is -1.35. The van der Waals surface area contributed by atoms with Crippen LogP contribution in [0, 0.1) is 18.8 Å². The molecule has 1 fully saturated rings. The van der Waals surface area contributed by atoms with Crippen LogP contribution < -0.4 is 10.6 Å². The molecule has 1 heterocycles. The Labute approximate surface area is 128 Å². The number of benzene rings is 1. The van der Waals surface area contributed by atoms with Crippen LogP contribution in [0.25, 0.3) is 0 Å². The number of rotatable bonds is 6. The summed E-state index contributed by atoms with van der Waals surface area (Å²) in [5, 5.41) is 6.59. The lowest BCUT2D eigenvalue weighted by Crippen LogP contribution is -2.32. The maximum absolute atomic E-state index is 12.3. The van der Waals surface area contributed by atoms with Gasteiger partial charge in [-0.2, -0.15) is 0 Å². The van der Waals surface area contributed by atoms with Crippen molar-refractivity contribution in [2.24, 2.45) is 11.8 Å². The van der Waals surface area contributed by atoms with E-state index in [1.54, 1.807) is 0 Å². The normalized spacial score (nSPS) is 19.7. The van der Waals surface area contributed by atoms with Crippen LogP contribution in [0.5, 0.6) is 0 Å². The average molecular weight is 288 g/mol. The van der Waals surface area contributed by atoms with Crippen molar-refractivity contribution in [3.8, 4) is 0 Å². The Kier molecular flexibility index (Phi) is 5.80. The predicted octanol–water partition coefficient (Wildman–Crippen LogP) is 3.20. The van der Waals surface area contributed by atoms with Crippen molar-refractivity contribution in [2.45, 2.75) is 46.1 Å². The third-order valence-corrected chi connectivity index (χ3v) is 4.45. The molecule has 1 aromatic rings. The summed E-state index contributed by atoms with van der Waals surface area (Å²) in [6, 6.07) is 8.45. The first kappa shape index (κ1) is 16.0. The van der Waals surface area contributed by atoms with Crippen molar-refractivity contribution in [3.05, 3.63) is 35.4 Å². The largest absolute Gasteiger partial charge is 0.349 e. The number of carbonyl (C=O) groups is 1. The summed E-state index contributed by atoms with van der Waals surface area (Å²) in [5.41, 5.74) is 2.49. The van der Waals surface area contributed by atoms with Crippen molar-refractivity contribution in [2.75, 3.05) is 13.1 Å². The maximum Gasteiger partial charge on any atom is 0.220 e. The minimum absolute atomic E-state index is 0.111. The van der Waals surface area contributed by atoms with Crippen LogP contribution in [0.2, 0.25) is 0 Å². The Morgan fingerprint density at radius 1 is 1.38 bits per heavy atom. The summed E-state index contributed by atoms with van der Waals surface area (Å²) < 4.78 is 0. The standard InChI is InChI=1S/C18H28N2O/c1-13(2)18(16-7-5-4-6-14(16)3)20-17(21)9-8-15-10-11-19-12-15/h4-7,13,15,18-19H,8-12H2,1-3H3,(H,20,21). The summed E-state index contributed by atoms with van der Waals surface area (Å²) >= 11 is 0. The molecule has 0 aromatic heterocycles. The van der Waals surface area contributed by atoms with Crippen LogP contribution >= 0.6 is 0 Å². The zero-order valence-electron chi connectivity index (χ0n) is 13.5. The van der Waals surface area contributed by atoms with Crippen LogP contribution in [-0.2, 0) is 4.79 Å². The predicted molar refractivity (Wildman–Crippen MR) is 87.1 cm³/mol. The van der Waals surface area contributed by atoms with Gasteiger partial charge in [0, 0.05) is 6.42 Å². The second-order valence-corrected chi connectivity index (χ2v) is 6.54. The quantitative estimate of drug-likeness (QED) is 0.844. The topological polar surface area (TPSA) is 41.1 Å². The lowest BCUT2D eigenvalue weighted by Gasteiger charge is -2.25. The molecule has 0 bridgehead atoms. The van der Waals surface area contributed by atoms with Crippen molar-refractivity contribution in [1.29, 1.82) is 0 Å². The molecule has 0 radical (unpaired) electrons. The van der Waals surface area contributed by atoms with Gasteiger partial charge < -0.3 is 10.6 Å². The molecule has 3 heteroatoms. The van der Waals surface area contributed by atoms with Crippen molar-refractivity contribution >= 4 is 5.91 Å². The van der Waals surface area contributed by atoms with Gasteiger partial charge in [0.25, 0.3) is 0 Å².